The third-order valence-electron chi connectivity index (χ3n) is 5.73. The molecule has 4 heteroatoms. The summed E-state index contributed by atoms with van der Waals surface area (Å²) >= 11 is 0. The minimum atomic E-state index is -0.263. The summed E-state index contributed by atoms with van der Waals surface area (Å²) in [6.45, 7) is 0. The van der Waals surface area contributed by atoms with Crippen molar-refractivity contribution in [3.63, 3.8) is 0 Å². The molecule has 0 aliphatic heterocycles. The van der Waals surface area contributed by atoms with Gasteiger partial charge in [-0.25, -0.2) is 0 Å². The number of rotatable bonds is 2. The molecule has 18 heavy (non-hydrogen) atoms. The zero-order valence-electron chi connectivity index (χ0n) is 11.0. The highest BCUT2D eigenvalue weighted by Crippen LogP contribution is 2.66. The Morgan fingerprint density at radius 3 is 2.72 bits per heavy atom. The Bertz CT molecular complexity index is 347. The second-order valence-corrected chi connectivity index (χ2v) is 6.90. The van der Waals surface area contributed by atoms with E-state index in [1.807, 2.05) is 0 Å². The fourth-order valence-electron chi connectivity index (χ4n) is 4.74. The van der Waals surface area contributed by atoms with Crippen molar-refractivity contribution in [1.82, 2.24) is 0 Å². The van der Waals surface area contributed by atoms with Crippen LogP contribution in [0.25, 0.3) is 0 Å². The SMILES string of the molecule is NC1CCCC(C2CC23CCCC([N+](=O)[O-])C3)C1. The maximum Gasteiger partial charge on any atom is 0.213 e. The molecule has 5 unspecified atom stereocenters. The molecule has 1 spiro atoms. The summed E-state index contributed by atoms with van der Waals surface area (Å²) in [6, 6.07) is 0.123. The first kappa shape index (κ1) is 12.4. The average Bonchev–Trinajstić information content (AvgIpc) is 3.03. The van der Waals surface area contributed by atoms with Gasteiger partial charge in [0.2, 0.25) is 6.04 Å². The predicted octanol–water partition coefficient (Wildman–Crippen LogP) is 2.73. The molecule has 0 radical (unpaired) electrons. The van der Waals surface area contributed by atoms with Crippen LogP contribution < -0.4 is 5.73 Å². The predicted molar refractivity (Wildman–Crippen MR) is 69.7 cm³/mol. The molecule has 0 aromatic rings. The van der Waals surface area contributed by atoms with Gasteiger partial charge in [0.05, 0.1) is 0 Å². The second-order valence-electron chi connectivity index (χ2n) is 6.90. The quantitative estimate of drug-likeness (QED) is 0.607. The molecule has 3 aliphatic carbocycles. The molecule has 3 saturated carbocycles. The van der Waals surface area contributed by atoms with E-state index in [2.05, 4.69) is 0 Å². The Kier molecular flexibility index (Phi) is 3.08. The van der Waals surface area contributed by atoms with Crippen LogP contribution >= 0.6 is 0 Å². The molecule has 0 aromatic heterocycles. The van der Waals surface area contributed by atoms with Crippen molar-refractivity contribution in [3.05, 3.63) is 10.1 Å². The zero-order chi connectivity index (χ0) is 12.8. The third kappa shape index (κ3) is 2.15. The van der Waals surface area contributed by atoms with Gasteiger partial charge < -0.3 is 5.73 Å². The van der Waals surface area contributed by atoms with Gasteiger partial charge in [-0.3, -0.25) is 10.1 Å². The lowest BCUT2D eigenvalue weighted by molar-refractivity contribution is -0.528. The van der Waals surface area contributed by atoms with Gasteiger partial charge in [-0.1, -0.05) is 12.8 Å². The third-order valence-corrected chi connectivity index (χ3v) is 5.73. The van der Waals surface area contributed by atoms with Crippen LogP contribution in [0.15, 0.2) is 0 Å². The lowest BCUT2D eigenvalue weighted by Crippen LogP contribution is -2.32. The summed E-state index contributed by atoms with van der Waals surface area (Å²) in [7, 11) is 0. The van der Waals surface area contributed by atoms with E-state index in [0.717, 1.165) is 37.5 Å². The molecule has 0 bridgehead atoms. The van der Waals surface area contributed by atoms with Crippen LogP contribution in [-0.2, 0) is 0 Å². The Hall–Kier alpha value is -0.640. The monoisotopic (exact) mass is 252 g/mol. The van der Waals surface area contributed by atoms with Gasteiger partial charge in [0, 0.05) is 23.8 Å². The highest BCUT2D eigenvalue weighted by molar-refractivity contribution is 5.08. The van der Waals surface area contributed by atoms with Crippen molar-refractivity contribution in [1.29, 1.82) is 0 Å². The molecular weight excluding hydrogens is 228 g/mol. The molecule has 0 saturated heterocycles. The van der Waals surface area contributed by atoms with Crippen molar-refractivity contribution in [2.45, 2.75) is 69.9 Å². The van der Waals surface area contributed by atoms with Gasteiger partial charge in [-0.05, 0) is 49.4 Å². The standard InChI is InChI=1S/C14H24N2O2/c15-11-4-1-3-10(7-11)13-9-14(13)6-2-5-12(8-14)16(17)18/h10-13H,1-9,15H2. The van der Waals surface area contributed by atoms with Gasteiger partial charge >= 0.3 is 0 Å². The van der Waals surface area contributed by atoms with Crippen molar-refractivity contribution < 1.29 is 4.92 Å². The molecule has 3 rings (SSSR count). The van der Waals surface area contributed by atoms with E-state index in [4.69, 9.17) is 5.73 Å². The molecule has 2 N–H and O–H groups in total. The maximum atomic E-state index is 11.0. The van der Waals surface area contributed by atoms with Crippen molar-refractivity contribution in [2.75, 3.05) is 0 Å². The van der Waals surface area contributed by atoms with Crippen LogP contribution in [0, 0.1) is 27.4 Å². The van der Waals surface area contributed by atoms with Crippen LogP contribution in [0.5, 0.6) is 0 Å². The van der Waals surface area contributed by atoms with E-state index in [9.17, 15) is 10.1 Å². The van der Waals surface area contributed by atoms with Gasteiger partial charge in [0.1, 0.15) is 0 Å². The lowest BCUT2D eigenvalue weighted by atomic mass is 9.75. The molecule has 5 atom stereocenters. The summed E-state index contributed by atoms with van der Waals surface area (Å²) in [6.07, 6.45) is 10.1. The summed E-state index contributed by atoms with van der Waals surface area (Å²) in [5, 5.41) is 11.0. The summed E-state index contributed by atoms with van der Waals surface area (Å²) in [5.74, 6) is 1.52. The van der Waals surface area contributed by atoms with E-state index >= 15 is 0 Å². The van der Waals surface area contributed by atoms with E-state index in [0.29, 0.717) is 11.5 Å². The lowest BCUT2D eigenvalue weighted by Gasteiger charge is -2.31. The Labute approximate surface area is 108 Å². The van der Waals surface area contributed by atoms with E-state index < -0.39 is 0 Å². The smallest absolute Gasteiger partial charge is 0.213 e. The van der Waals surface area contributed by atoms with E-state index in [1.54, 1.807) is 0 Å². The first-order valence-electron chi connectivity index (χ1n) is 7.50. The second kappa shape index (κ2) is 4.48. The molecule has 3 aliphatic rings. The van der Waals surface area contributed by atoms with Crippen molar-refractivity contribution >= 4 is 0 Å². The van der Waals surface area contributed by atoms with E-state index in [-0.39, 0.29) is 11.0 Å². The average molecular weight is 252 g/mol. The van der Waals surface area contributed by atoms with Crippen molar-refractivity contribution in [2.24, 2.45) is 23.0 Å². The minimum absolute atomic E-state index is 0.0388. The van der Waals surface area contributed by atoms with Crippen LogP contribution in [0.2, 0.25) is 0 Å². The van der Waals surface area contributed by atoms with Crippen LogP contribution in [0.3, 0.4) is 0 Å². The Morgan fingerprint density at radius 2 is 2.00 bits per heavy atom. The molecule has 0 aromatic carbocycles. The van der Waals surface area contributed by atoms with E-state index in [1.165, 1.54) is 32.1 Å². The van der Waals surface area contributed by atoms with Crippen LogP contribution in [0.4, 0.5) is 0 Å². The number of hydrogen-bond acceptors (Lipinski definition) is 3. The maximum absolute atomic E-state index is 11.0. The molecule has 0 amide bonds. The Morgan fingerprint density at radius 1 is 1.17 bits per heavy atom. The normalized spacial score (nSPS) is 48.1. The van der Waals surface area contributed by atoms with Crippen LogP contribution in [0.1, 0.15) is 57.8 Å². The largest absolute Gasteiger partial charge is 0.328 e. The number of nitrogens with two attached hydrogens (primary N) is 1. The highest BCUT2D eigenvalue weighted by atomic mass is 16.6. The van der Waals surface area contributed by atoms with Crippen LogP contribution in [-0.4, -0.2) is 17.0 Å². The molecule has 102 valence electrons. The molecule has 0 heterocycles. The fraction of sp³-hybridized carbons (Fsp3) is 1.00. The highest BCUT2D eigenvalue weighted by Gasteiger charge is 2.60. The first-order valence-corrected chi connectivity index (χ1v) is 7.50. The van der Waals surface area contributed by atoms with Gasteiger partial charge in [0.25, 0.3) is 0 Å². The summed E-state index contributed by atoms with van der Waals surface area (Å²) < 4.78 is 0. The minimum Gasteiger partial charge on any atom is -0.328 e. The van der Waals surface area contributed by atoms with Crippen molar-refractivity contribution in [3.8, 4) is 0 Å². The molecular formula is C14H24N2O2. The number of hydrogen-bond donors (Lipinski definition) is 1. The summed E-state index contributed by atoms with van der Waals surface area (Å²) in [5.41, 5.74) is 6.42. The zero-order valence-corrected chi connectivity index (χ0v) is 11.0. The van der Waals surface area contributed by atoms with Gasteiger partial charge in [-0.2, -0.15) is 0 Å². The number of nitro groups is 1. The summed E-state index contributed by atoms with van der Waals surface area (Å²) in [4.78, 5) is 11.0. The van der Waals surface area contributed by atoms with Gasteiger partial charge in [0.15, 0.2) is 0 Å². The Balaban J connectivity index is 1.62. The molecule has 3 fully saturated rings. The topological polar surface area (TPSA) is 69.2 Å². The molecule has 4 nitrogen and oxygen atoms in total. The fourth-order valence-corrected chi connectivity index (χ4v) is 4.74. The number of nitrogens with zero attached hydrogens (tertiary/aromatic N) is 1. The first-order chi connectivity index (χ1) is 8.61. The van der Waals surface area contributed by atoms with Gasteiger partial charge in [-0.15, -0.1) is 0 Å².